The third-order valence-electron chi connectivity index (χ3n) is 5.23. The van der Waals surface area contributed by atoms with Crippen LogP contribution in [0.5, 0.6) is 5.75 Å². The number of piperazine rings is 1. The maximum absolute atomic E-state index is 12.9. The Bertz CT molecular complexity index is 1200. The molecule has 0 radical (unpaired) electrons. The summed E-state index contributed by atoms with van der Waals surface area (Å²) in [5, 5.41) is 0. The smallest absolute Gasteiger partial charge is 0.406 e. The number of ether oxygens (including phenoxy) is 1. The van der Waals surface area contributed by atoms with Gasteiger partial charge in [-0.3, -0.25) is 14.6 Å². The van der Waals surface area contributed by atoms with Gasteiger partial charge in [0.2, 0.25) is 0 Å². The number of rotatable bonds is 4. The number of amides is 1. The molecule has 11 heteroatoms. The first-order valence-corrected chi connectivity index (χ1v) is 10.0. The molecule has 1 aromatic carbocycles. The van der Waals surface area contributed by atoms with Crippen LogP contribution >= 0.6 is 0 Å². The van der Waals surface area contributed by atoms with Crippen LogP contribution in [-0.2, 0) is 6.54 Å². The molecule has 168 valence electrons. The normalized spacial score (nSPS) is 14.6. The van der Waals surface area contributed by atoms with E-state index in [1.807, 2.05) is 11.8 Å². The van der Waals surface area contributed by atoms with Gasteiger partial charge in [0.25, 0.3) is 11.5 Å². The molecule has 1 amide bonds. The first kappa shape index (κ1) is 21.6. The molecule has 2 aromatic heterocycles. The molecule has 0 unspecified atom stereocenters. The molecule has 0 bridgehead atoms. The molecule has 4 rings (SSSR count). The molecule has 1 fully saturated rings. The number of pyridine rings is 1. The highest BCUT2D eigenvalue weighted by molar-refractivity contribution is 5.94. The number of aryl methyl sites for hydroxylation is 1. The SMILES string of the molecule is CCn1c(=O)c(N2CCN(C(=O)c3cccc(OC(F)(F)F)c3)CC2)nc2ccncc21. The molecule has 32 heavy (non-hydrogen) atoms. The van der Waals surface area contributed by atoms with Crippen molar-refractivity contribution in [2.45, 2.75) is 19.8 Å². The van der Waals surface area contributed by atoms with Gasteiger partial charge in [0.1, 0.15) is 5.75 Å². The first-order chi connectivity index (χ1) is 15.3. The van der Waals surface area contributed by atoms with Gasteiger partial charge in [-0.1, -0.05) is 6.07 Å². The third kappa shape index (κ3) is 4.36. The number of aromatic nitrogens is 3. The van der Waals surface area contributed by atoms with Crippen molar-refractivity contribution < 1.29 is 22.7 Å². The summed E-state index contributed by atoms with van der Waals surface area (Å²) in [6, 6.07) is 6.73. The molecule has 0 atom stereocenters. The van der Waals surface area contributed by atoms with E-state index >= 15 is 0 Å². The van der Waals surface area contributed by atoms with Gasteiger partial charge >= 0.3 is 6.36 Å². The summed E-state index contributed by atoms with van der Waals surface area (Å²) in [4.78, 5) is 37.7. The Morgan fingerprint density at radius 2 is 1.91 bits per heavy atom. The van der Waals surface area contributed by atoms with Crippen LogP contribution in [0.3, 0.4) is 0 Å². The van der Waals surface area contributed by atoms with E-state index in [1.54, 1.807) is 23.0 Å². The molecular weight excluding hydrogens is 427 g/mol. The summed E-state index contributed by atoms with van der Waals surface area (Å²) in [6.07, 6.45) is -1.62. The largest absolute Gasteiger partial charge is 0.573 e. The Kier molecular flexibility index (Phi) is 5.72. The van der Waals surface area contributed by atoms with Crippen LogP contribution in [0.15, 0.2) is 47.5 Å². The standard InChI is InChI=1S/C21H20F3N5O3/c1-2-29-17-13-25-7-6-16(17)26-18(20(29)31)27-8-10-28(11-9-27)19(30)14-4-3-5-15(12-14)32-21(22,23)24/h3-7,12-13H,2,8-11H2,1H3. The van der Waals surface area contributed by atoms with Crippen molar-refractivity contribution in [3.8, 4) is 5.75 Å². The van der Waals surface area contributed by atoms with E-state index in [1.165, 1.54) is 17.0 Å². The highest BCUT2D eigenvalue weighted by Gasteiger charge is 2.31. The van der Waals surface area contributed by atoms with Gasteiger partial charge in [-0.05, 0) is 31.2 Å². The van der Waals surface area contributed by atoms with E-state index in [2.05, 4.69) is 14.7 Å². The number of alkyl halides is 3. The summed E-state index contributed by atoms with van der Waals surface area (Å²) in [5.41, 5.74) is 1.17. The van der Waals surface area contributed by atoms with Crippen molar-refractivity contribution in [1.29, 1.82) is 0 Å². The number of halogens is 3. The number of benzene rings is 1. The quantitative estimate of drug-likeness (QED) is 0.612. The van der Waals surface area contributed by atoms with Crippen molar-refractivity contribution in [3.05, 3.63) is 58.6 Å². The summed E-state index contributed by atoms with van der Waals surface area (Å²) < 4.78 is 42.9. The number of carbonyl (C=O) groups excluding carboxylic acids is 1. The van der Waals surface area contributed by atoms with Gasteiger partial charge in [0, 0.05) is 44.5 Å². The Labute approximate surface area is 180 Å². The number of fused-ring (bicyclic) bond motifs is 1. The zero-order valence-corrected chi connectivity index (χ0v) is 17.2. The van der Waals surface area contributed by atoms with Crippen LogP contribution in [0.2, 0.25) is 0 Å². The number of hydrogen-bond acceptors (Lipinski definition) is 6. The molecule has 0 N–H and O–H groups in total. The van der Waals surface area contributed by atoms with E-state index in [0.29, 0.717) is 49.6 Å². The number of nitrogens with zero attached hydrogens (tertiary/aromatic N) is 5. The fraction of sp³-hybridized carbons (Fsp3) is 0.333. The summed E-state index contributed by atoms with van der Waals surface area (Å²) in [6.45, 7) is 3.66. The monoisotopic (exact) mass is 447 g/mol. The van der Waals surface area contributed by atoms with Crippen LogP contribution in [0.25, 0.3) is 11.0 Å². The van der Waals surface area contributed by atoms with Crippen molar-refractivity contribution in [1.82, 2.24) is 19.4 Å². The van der Waals surface area contributed by atoms with Crippen molar-refractivity contribution >= 4 is 22.8 Å². The van der Waals surface area contributed by atoms with Gasteiger partial charge < -0.3 is 19.1 Å². The minimum atomic E-state index is -4.83. The van der Waals surface area contributed by atoms with Gasteiger partial charge in [0.15, 0.2) is 5.82 Å². The molecule has 1 saturated heterocycles. The van der Waals surface area contributed by atoms with Gasteiger partial charge in [-0.2, -0.15) is 0 Å². The van der Waals surface area contributed by atoms with E-state index in [9.17, 15) is 22.8 Å². The van der Waals surface area contributed by atoms with Crippen LogP contribution in [-0.4, -0.2) is 57.9 Å². The molecule has 1 aliphatic heterocycles. The topological polar surface area (TPSA) is 80.6 Å². The highest BCUT2D eigenvalue weighted by atomic mass is 19.4. The Morgan fingerprint density at radius 1 is 1.16 bits per heavy atom. The van der Waals surface area contributed by atoms with Crippen LogP contribution < -0.4 is 15.2 Å². The van der Waals surface area contributed by atoms with E-state index < -0.39 is 18.0 Å². The molecule has 8 nitrogen and oxygen atoms in total. The highest BCUT2D eigenvalue weighted by Crippen LogP contribution is 2.24. The van der Waals surface area contributed by atoms with E-state index in [0.717, 1.165) is 12.1 Å². The predicted octanol–water partition coefficient (Wildman–Crippen LogP) is 2.67. The lowest BCUT2D eigenvalue weighted by Gasteiger charge is -2.35. The number of carbonyl (C=O) groups is 1. The van der Waals surface area contributed by atoms with Crippen LogP contribution in [0.1, 0.15) is 17.3 Å². The summed E-state index contributed by atoms with van der Waals surface area (Å²) in [5.74, 6) is -0.545. The van der Waals surface area contributed by atoms with Gasteiger partial charge in [-0.15, -0.1) is 13.2 Å². The lowest BCUT2D eigenvalue weighted by atomic mass is 10.1. The molecule has 3 aromatic rings. The predicted molar refractivity (Wildman–Crippen MR) is 111 cm³/mol. The first-order valence-electron chi connectivity index (χ1n) is 10.0. The number of hydrogen-bond donors (Lipinski definition) is 0. The summed E-state index contributed by atoms with van der Waals surface area (Å²) >= 11 is 0. The van der Waals surface area contributed by atoms with Gasteiger partial charge in [0.05, 0.1) is 17.2 Å². The zero-order chi connectivity index (χ0) is 22.9. The second-order valence-electron chi connectivity index (χ2n) is 7.20. The maximum Gasteiger partial charge on any atom is 0.573 e. The average molecular weight is 447 g/mol. The fourth-order valence-corrected chi connectivity index (χ4v) is 3.72. The van der Waals surface area contributed by atoms with E-state index in [4.69, 9.17) is 0 Å². The average Bonchev–Trinajstić information content (AvgIpc) is 2.77. The Hall–Kier alpha value is -3.63. The zero-order valence-electron chi connectivity index (χ0n) is 17.2. The molecule has 3 heterocycles. The van der Waals surface area contributed by atoms with Crippen LogP contribution in [0.4, 0.5) is 19.0 Å². The lowest BCUT2D eigenvalue weighted by molar-refractivity contribution is -0.274. The second kappa shape index (κ2) is 8.48. The van der Waals surface area contributed by atoms with Crippen molar-refractivity contribution in [3.63, 3.8) is 0 Å². The lowest BCUT2D eigenvalue weighted by Crippen LogP contribution is -2.50. The van der Waals surface area contributed by atoms with Crippen LogP contribution in [0, 0.1) is 0 Å². The minimum Gasteiger partial charge on any atom is -0.406 e. The molecule has 1 aliphatic rings. The second-order valence-corrected chi connectivity index (χ2v) is 7.20. The molecule has 0 saturated carbocycles. The third-order valence-corrected chi connectivity index (χ3v) is 5.23. The minimum absolute atomic E-state index is 0.102. The molecule has 0 aliphatic carbocycles. The number of anilines is 1. The van der Waals surface area contributed by atoms with Gasteiger partial charge in [-0.25, -0.2) is 4.98 Å². The molecular formula is C21H20F3N5O3. The van der Waals surface area contributed by atoms with E-state index in [-0.39, 0.29) is 11.1 Å². The molecule has 0 spiro atoms. The fourth-order valence-electron chi connectivity index (χ4n) is 3.72. The van der Waals surface area contributed by atoms with Crippen molar-refractivity contribution in [2.24, 2.45) is 0 Å². The Morgan fingerprint density at radius 3 is 2.59 bits per heavy atom. The Balaban J connectivity index is 1.50. The summed E-state index contributed by atoms with van der Waals surface area (Å²) in [7, 11) is 0. The maximum atomic E-state index is 12.9. The van der Waals surface area contributed by atoms with Crippen molar-refractivity contribution in [2.75, 3.05) is 31.1 Å².